The number of rotatable bonds is 5. The molecular formula is C16H23BrFN3O. The highest BCUT2D eigenvalue weighted by Gasteiger charge is 2.19. The monoisotopic (exact) mass is 371 g/mol. The number of piperazine rings is 1. The van der Waals surface area contributed by atoms with E-state index < -0.39 is 0 Å². The van der Waals surface area contributed by atoms with E-state index >= 15 is 0 Å². The van der Waals surface area contributed by atoms with E-state index in [0.29, 0.717) is 6.54 Å². The van der Waals surface area contributed by atoms with Gasteiger partial charge in [-0.05, 0) is 31.5 Å². The van der Waals surface area contributed by atoms with Gasteiger partial charge in [0.15, 0.2) is 0 Å². The van der Waals surface area contributed by atoms with Crippen LogP contribution >= 0.6 is 15.9 Å². The Morgan fingerprint density at radius 2 is 1.91 bits per heavy atom. The second-order valence-corrected chi connectivity index (χ2v) is 6.86. The van der Waals surface area contributed by atoms with Crippen LogP contribution in [0.5, 0.6) is 0 Å². The maximum Gasteiger partial charge on any atom is 0.234 e. The van der Waals surface area contributed by atoms with Crippen molar-refractivity contribution in [2.75, 3.05) is 32.7 Å². The molecule has 1 saturated heterocycles. The lowest BCUT2D eigenvalue weighted by Crippen LogP contribution is -2.49. The van der Waals surface area contributed by atoms with Gasteiger partial charge in [0, 0.05) is 43.2 Å². The van der Waals surface area contributed by atoms with E-state index in [1.807, 2.05) is 19.9 Å². The molecule has 1 aromatic rings. The van der Waals surface area contributed by atoms with Crippen LogP contribution in [0.25, 0.3) is 0 Å². The molecule has 0 unspecified atom stereocenters. The van der Waals surface area contributed by atoms with E-state index in [9.17, 15) is 9.18 Å². The van der Waals surface area contributed by atoms with Gasteiger partial charge >= 0.3 is 0 Å². The summed E-state index contributed by atoms with van der Waals surface area (Å²) < 4.78 is 13.9. The van der Waals surface area contributed by atoms with Crippen LogP contribution in [0.4, 0.5) is 4.39 Å². The number of carbonyl (C=O) groups excluding carboxylic acids is 1. The van der Waals surface area contributed by atoms with Crippen LogP contribution in [0.15, 0.2) is 22.7 Å². The van der Waals surface area contributed by atoms with E-state index in [0.717, 1.165) is 42.8 Å². The van der Waals surface area contributed by atoms with Crippen LogP contribution in [-0.4, -0.2) is 54.5 Å². The lowest BCUT2D eigenvalue weighted by Gasteiger charge is -2.34. The molecule has 0 aromatic heterocycles. The largest absolute Gasteiger partial charge is 0.353 e. The van der Waals surface area contributed by atoms with Gasteiger partial charge in [0.2, 0.25) is 5.91 Å². The van der Waals surface area contributed by atoms with E-state index in [-0.39, 0.29) is 17.8 Å². The minimum absolute atomic E-state index is 0.0877. The third kappa shape index (κ3) is 5.34. The van der Waals surface area contributed by atoms with E-state index in [4.69, 9.17) is 0 Å². The van der Waals surface area contributed by atoms with Crippen molar-refractivity contribution in [2.45, 2.75) is 26.4 Å². The minimum atomic E-state index is -0.225. The number of carbonyl (C=O) groups is 1. The van der Waals surface area contributed by atoms with Gasteiger partial charge in [0.1, 0.15) is 5.82 Å². The lowest BCUT2D eigenvalue weighted by atomic mass is 10.2. The van der Waals surface area contributed by atoms with Gasteiger partial charge < -0.3 is 5.32 Å². The highest BCUT2D eigenvalue weighted by molar-refractivity contribution is 9.10. The average molecular weight is 372 g/mol. The molecule has 0 radical (unpaired) electrons. The molecule has 1 aliphatic heterocycles. The molecule has 122 valence electrons. The fourth-order valence-corrected chi connectivity index (χ4v) is 3.04. The van der Waals surface area contributed by atoms with Crippen LogP contribution in [0.1, 0.15) is 19.4 Å². The number of amides is 1. The van der Waals surface area contributed by atoms with Gasteiger partial charge in [-0.25, -0.2) is 4.39 Å². The molecular weight excluding hydrogens is 349 g/mol. The summed E-state index contributed by atoms with van der Waals surface area (Å²) in [6.07, 6.45) is 0. The predicted octanol–water partition coefficient (Wildman–Crippen LogP) is 2.23. The van der Waals surface area contributed by atoms with Crippen LogP contribution in [-0.2, 0) is 11.3 Å². The zero-order valence-electron chi connectivity index (χ0n) is 13.1. The normalized spacial score (nSPS) is 17.0. The van der Waals surface area contributed by atoms with Crippen molar-refractivity contribution in [3.05, 3.63) is 34.1 Å². The summed E-state index contributed by atoms with van der Waals surface area (Å²) in [5.74, 6) is -0.138. The zero-order chi connectivity index (χ0) is 16.1. The molecule has 1 fully saturated rings. The number of hydrogen-bond donors (Lipinski definition) is 1. The fraction of sp³-hybridized carbons (Fsp3) is 0.562. The van der Waals surface area contributed by atoms with Crippen molar-refractivity contribution in [3.63, 3.8) is 0 Å². The molecule has 6 heteroatoms. The molecule has 1 amide bonds. The molecule has 0 bridgehead atoms. The standard InChI is InChI=1S/C16H23BrFN3O/c1-12(2)19-16(22)11-21-7-5-20(6-8-21)10-13-3-4-14(18)9-15(13)17/h3-4,9,12H,5-8,10-11H2,1-2H3,(H,19,22). The third-order valence-corrected chi connectivity index (χ3v) is 4.43. The second kappa shape index (κ2) is 8.04. The number of nitrogens with one attached hydrogen (secondary N) is 1. The van der Waals surface area contributed by atoms with Crippen molar-refractivity contribution < 1.29 is 9.18 Å². The molecule has 1 aliphatic rings. The van der Waals surface area contributed by atoms with Gasteiger partial charge in [-0.1, -0.05) is 22.0 Å². The summed E-state index contributed by atoms with van der Waals surface area (Å²) in [5.41, 5.74) is 1.09. The van der Waals surface area contributed by atoms with Crippen LogP contribution in [0, 0.1) is 5.82 Å². The second-order valence-electron chi connectivity index (χ2n) is 6.01. The molecule has 1 aromatic carbocycles. The quantitative estimate of drug-likeness (QED) is 0.861. The first kappa shape index (κ1) is 17.4. The number of halogens is 2. The first-order valence-corrected chi connectivity index (χ1v) is 8.41. The molecule has 0 spiro atoms. The smallest absolute Gasteiger partial charge is 0.234 e. The van der Waals surface area contributed by atoms with E-state index in [1.54, 1.807) is 0 Å². The summed E-state index contributed by atoms with van der Waals surface area (Å²) in [6, 6.07) is 5.00. The molecule has 1 N–H and O–H groups in total. The summed E-state index contributed by atoms with van der Waals surface area (Å²) in [4.78, 5) is 16.3. The minimum Gasteiger partial charge on any atom is -0.353 e. The summed E-state index contributed by atoms with van der Waals surface area (Å²) in [7, 11) is 0. The Kier molecular flexibility index (Phi) is 6.35. The van der Waals surface area contributed by atoms with Gasteiger partial charge in [-0.15, -0.1) is 0 Å². The molecule has 22 heavy (non-hydrogen) atoms. The highest BCUT2D eigenvalue weighted by atomic mass is 79.9. The number of nitrogens with zero attached hydrogens (tertiary/aromatic N) is 2. The van der Waals surface area contributed by atoms with Crippen molar-refractivity contribution >= 4 is 21.8 Å². The molecule has 4 nitrogen and oxygen atoms in total. The Morgan fingerprint density at radius 1 is 1.27 bits per heavy atom. The summed E-state index contributed by atoms with van der Waals surface area (Å²) in [6.45, 7) is 8.79. The Balaban J connectivity index is 1.78. The molecule has 1 heterocycles. The Labute approximate surface area is 139 Å². The van der Waals surface area contributed by atoms with E-state index in [2.05, 4.69) is 31.0 Å². The van der Waals surface area contributed by atoms with Crippen molar-refractivity contribution in [2.24, 2.45) is 0 Å². The van der Waals surface area contributed by atoms with Gasteiger partial charge in [0.25, 0.3) is 0 Å². The Hall–Kier alpha value is -0.980. The molecule has 2 rings (SSSR count). The maximum absolute atomic E-state index is 13.1. The Morgan fingerprint density at radius 3 is 2.50 bits per heavy atom. The first-order valence-electron chi connectivity index (χ1n) is 7.62. The van der Waals surface area contributed by atoms with Crippen molar-refractivity contribution in [3.8, 4) is 0 Å². The van der Waals surface area contributed by atoms with Crippen LogP contribution in [0.2, 0.25) is 0 Å². The molecule has 0 aliphatic carbocycles. The van der Waals surface area contributed by atoms with Crippen molar-refractivity contribution in [1.82, 2.24) is 15.1 Å². The Bertz CT molecular complexity index is 516. The van der Waals surface area contributed by atoms with Gasteiger partial charge in [0.05, 0.1) is 6.54 Å². The van der Waals surface area contributed by atoms with E-state index in [1.165, 1.54) is 12.1 Å². The summed E-state index contributed by atoms with van der Waals surface area (Å²) in [5, 5.41) is 2.92. The number of hydrogen-bond acceptors (Lipinski definition) is 3. The van der Waals surface area contributed by atoms with Crippen LogP contribution in [0.3, 0.4) is 0 Å². The molecule has 0 saturated carbocycles. The van der Waals surface area contributed by atoms with Crippen molar-refractivity contribution in [1.29, 1.82) is 0 Å². The SMILES string of the molecule is CC(C)NC(=O)CN1CCN(Cc2ccc(F)cc2Br)CC1. The lowest BCUT2D eigenvalue weighted by molar-refractivity contribution is -0.123. The molecule has 0 atom stereocenters. The topological polar surface area (TPSA) is 35.6 Å². The third-order valence-electron chi connectivity index (χ3n) is 3.69. The predicted molar refractivity (Wildman–Crippen MR) is 89.1 cm³/mol. The van der Waals surface area contributed by atoms with Gasteiger partial charge in [-0.2, -0.15) is 0 Å². The maximum atomic E-state index is 13.1. The zero-order valence-corrected chi connectivity index (χ0v) is 14.7. The fourth-order valence-electron chi connectivity index (χ4n) is 2.57. The first-order chi connectivity index (χ1) is 10.4. The highest BCUT2D eigenvalue weighted by Crippen LogP contribution is 2.20. The summed E-state index contributed by atoms with van der Waals surface area (Å²) >= 11 is 3.41. The van der Waals surface area contributed by atoms with Gasteiger partial charge in [-0.3, -0.25) is 14.6 Å². The average Bonchev–Trinajstić information content (AvgIpc) is 2.43. The van der Waals surface area contributed by atoms with Crippen LogP contribution < -0.4 is 5.32 Å². The number of benzene rings is 1.